The summed E-state index contributed by atoms with van der Waals surface area (Å²) in [6, 6.07) is 5.01. The molecule has 1 aliphatic heterocycles. The fourth-order valence-corrected chi connectivity index (χ4v) is 7.26. The molecule has 1 aliphatic rings. The zero-order chi connectivity index (χ0) is 32.9. The average molecular weight is 657 g/mol. The van der Waals surface area contributed by atoms with Crippen molar-refractivity contribution < 1.29 is 35.6 Å². The van der Waals surface area contributed by atoms with E-state index >= 15 is 4.39 Å². The van der Waals surface area contributed by atoms with Crippen LogP contribution in [0.5, 0.6) is 5.88 Å². The first kappa shape index (κ1) is 36.3. The van der Waals surface area contributed by atoms with E-state index in [0.29, 0.717) is 16.7 Å². The fourth-order valence-electron chi connectivity index (χ4n) is 5.01. The van der Waals surface area contributed by atoms with Gasteiger partial charge in [0, 0.05) is 12.3 Å². The van der Waals surface area contributed by atoms with Crippen LogP contribution in [-0.2, 0) is 28.8 Å². The largest absolute Gasteiger partial charge is 0.402 e. The van der Waals surface area contributed by atoms with E-state index in [0.717, 1.165) is 10.1 Å². The molecule has 2 aromatic rings. The van der Waals surface area contributed by atoms with Crippen molar-refractivity contribution in [3.63, 3.8) is 0 Å². The van der Waals surface area contributed by atoms with Crippen LogP contribution in [-0.4, -0.2) is 65.6 Å². The molecule has 0 N–H and O–H groups in total. The summed E-state index contributed by atoms with van der Waals surface area (Å²) in [4.78, 5) is 17.0. The molecule has 1 fully saturated rings. The highest BCUT2D eigenvalue weighted by Gasteiger charge is 2.48. The van der Waals surface area contributed by atoms with E-state index in [1.165, 1.54) is 12.3 Å². The van der Waals surface area contributed by atoms with Crippen LogP contribution >= 0.6 is 0 Å². The minimum absolute atomic E-state index is 0.00832. The number of aromatic nitrogens is 2. The van der Waals surface area contributed by atoms with Gasteiger partial charge in [0.1, 0.15) is 23.9 Å². The third kappa shape index (κ3) is 8.97. The lowest BCUT2D eigenvalue weighted by atomic mass is 9.89. The molecule has 44 heavy (non-hydrogen) atoms. The molecule has 1 aromatic heterocycles. The van der Waals surface area contributed by atoms with Crippen LogP contribution in [0.3, 0.4) is 0 Å². The van der Waals surface area contributed by atoms with Crippen LogP contribution in [0.1, 0.15) is 110 Å². The zero-order valence-corrected chi connectivity index (χ0v) is 29.8. The highest BCUT2D eigenvalue weighted by Crippen LogP contribution is 2.37. The Morgan fingerprint density at radius 3 is 2.11 bits per heavy atom. The number of nitrogens with zero attached hydrogens (tertiary/aromatic N) is 2. The summed E-state index contributed by atoms with van der Waals surface area (Å²) in [7, 11) is -5.11. The first-order valence-corrected chi connectivity index (χ1v) is 18.2. The molecule has 10 nitrogen and oxygen atoms in total. The maximum absolute atomic E-state index is 15.7. The van der Waals surface area contributed by atoms with E-state index in [-0.39, 0.29) is 42.2 Å². The molecule has 0 bridgehead atoms. The summed E-state index contributed by atoms with van der Waals surface area (Å²) >= 11 is 0. The monoisotopic (exact) mass is 656 g/mol. The maximum Gasteiger partial charge on any atom is 0.353 e. The van der Waals surface area contributed by atoms with Crippen LogP contribution in [0.2, 0.25) is 5.54 Å². The number of hydrogen-bond acceptors (Lipinski definition) is 9. The van der Waals surface area contributed by atoms with Gasteiger partial charge in [-0.3, -0.25) is 4.57 Å². The standard InChI is InChI=1S/C31H49FN2O8SSi/c1-17(2)22-13-23(18(3)4)29(24(14-22)19(5)6)43(36,37)42-26-11-12-34(31(35)33-26)30-27(32)28(40-20(7)8)25(41-30)15-38-16-39-44-21(9)10/h11-14,17-21,25,27-28,30H,15-16,44H2,1-10H3/t25-,27?,28+,30-/m1/s1. The highest BCUT2D eigenvalue weighted by molar-refractivity contribution is 7.87. The smallest absolute Gasteiger partial charge is 0.353 e. The van der Waals surface area contributed by atoms with Gasteiger partial charge in [0.25, 0.3) is 0 Å². The minimum atomic E-state index is -4.38. The molecule has 3 rings (SSSR count). The second kappa shape index (κ2) is 15.4. The molecule has 0 spiro atoms. The van der Waals surface area contributed by atoms with Crippen molar-refractivity contribution in [3.8, 4) is 5.88 Å². The van der Waals surface area contributed by atoms with E-state index in [9.17, 15) is 13.2 Å². The Labute approximate surface area is 263 Å². The Balaban J connectivity index is 1.88. The van der Waals surface area contributed by atoms with Gasteiger partial charge >= 0.3 is 15.8 Å². The number of rotatable bonds is 15. The summed E-state index contributed by atoms with van der Waals surface area (Å²) in [6.45, 7) is 19.6. The average Bonchev–Trinajstić information content (AvgIpc) is 3.21. The second-order valence-electron chi connectivity index (χ2n) is 12.9. The number of halogens is 1. The number of alkyl halides is 1. The summed E-state index contributed by atoms with van der Waals surface area (Å²) in [5, 5.41) is 0. The molecule has 2 heterocycles. The molecular formula is C31H49FN2O8SSi. The van der Waals surface area contributed by atoms with Crippen molar-refractivity contribution in [2.75, 3.05) is 13.4 Å². The normalized spacial score (nSPS) is 21.3. The lowest BCUT2D eigenvalue weighted by Gasteiger charge is -2.22. The third-order valence-electron chi connectivity index (χ3n) is 7.20. The van der Waals surface area contributed by atoms with Crippen molar-refractivity contribution in [2.45, 2.75) is 128 Å². The molecular weight excluding hydrogens is 607 g/mol. The Morgan fingerprint density at radius 1 is 1.00 bits per heavy atom. The zero-order valence-electron chi connectivity index (χ0n) is 27.6. The van der Waals surface area contributed by atoms with Gasteiger partial charge in [0.2, 0.25) is 5.88 Å². The van der Waals surface area contributed by atoms with E-state index in [4.69, 9.17) is 22.8 Å². The Kier molecular flexibility index (Phi) is 12.7. The summed E-state index contributed by atoms with van der Waals surface area (Å²) < 4.78 is 72.4. The van der Waals surface area contributed by atoms with Crippen LogP contribution in [0.15, 0.2) is 34.1 Å². The van der Waals surface area contributed by atoms with Crippen molar-refractivity contribution in [3.05, 3.63) is 51.6 Å². The fraction of sp³-hybridized carbons (Fsp3) is 0.677. The van der Waals surface area contributed by atoms with Gasteiger partial charge in [0.05, 0.1) is 12.7 Å². The molecule has 1 unspecified atom stereocenters. The molecule has 248 valence electrons. The quantitative estimate of drug-likeness (QED) is 0.109. The Hall–Kier alpha value is -2.16. The number of benzene rings is 1. The van der Waals surface area contributed by atoms with E-state index in [1.807, 2.05) is 39.8 Å². The lowest BCUT2D eigenvalue weighted by molar-refractivity contribution is -0.105. The van der Waals surface area contributed by atoms with Crippen LogP contribution in [0.25, 0.3) is 0 Å². The van der Waals surface area contributed by atoms with Crippen molar-refractivity contribution >= 4 is 19.9 Å². The molecule has 1 aromatic carbocycles. The molecule has 0 amide bonds. The van der Waals surface area contributed by atoms with Gasteiger partial charge in [-0.05, 0) is 53.8 Å². The predicted molar refractivity (Wildman–Crippen MR) is 169 cm³/mol. The minimum Gasteiger partial charge on any atom is -0.402 e. The van der Waals surface area contributed by atoms with E-state index in [2.05, 4.69) is 32.7 Å². The Bertz CT molecular complexity index is 1380. The van der Waals surface area contributed by atoms with Crippen molar-refractivity contribution in [1.29, 1.82) is 0 Å². The molecule has 0 saturated carbocycles. The Morgan fingerprint density at radius 2 is 1.61 bits per heavy atom. The van der Waals surface area contributed by atoms with Crippen LogP contribution < -0.4 is 9.87 Å². The summed E-state index contributed by atoms with van der Waals surface area (Å²) in [5.74, 6) is -0.435. The molecule has 0 radical (unpaired) electrons. The van der Waals surface area contributed by atoms with E-state index < -0.39 is 56.1 Å². The highest BCUT2D eigenvalue weighted by atomic mass is 32.2. The van der Waals surface area contributed by atoms with Gasteiger partial charge in [-0.1, -0.05) is 67.5 Å². The van der Waals surface area contributed by atoms with Gasteiger partial charge < -0.3 is 22.8 Å². The maximum atomic E-state index is 15.7. The van der Waals surface area contributed by atoms with Crippen molar-refractivity contribution in [1.82, 2.24) is 9.55 Å². The first-order chi connectivity index (χ1) is 20.5. The molecule has 4 atom stereocenters. The lowest BCUT2D eigenvalue weighted by Crippen LogP contribution is -2.37. The second-order valence-corrected chi connectivity index (χ2v) is 16.8. The molecule has 13 heteroatoms. The van der Waals surface area contributed by atoms with Crippen LogP contribution in [0, 0.1) is 0 Å². The van der Waals surface area contributed by atoms with Gasteiger partial charge in [-0.2, -0.15) is 13.4 Å². The van der Waals surface area contributed by atoms with Gasteiger partial charge in [-0.25, -0.2) is 9.18 Å². The third-order valence-corrected chi connectivity index (χ3v) is 9.63. The van der Waals surface area contributed by atoms with Crippen molar-refractivity contribution in [2.24, 2.45) is 0 Å². The molecule has 0 aliphatic carbocycles. The van der Waals surface area contributed by atoms with Crippen LogP contribution in [0.4, 0.5) is 4.39 Å². The summed E-state index contributed by atoms with van der Waals surface area (Å²) in [6.07, 6.45) is -3.95. The molecule has 1 saturated heterocycles. The first-order valence-electron chi connectivity index (χ1n) is 15.3. The summed E-state index contributed by atoms with van der Waals surface area (Å²) in [5.41, 5.74) is 1.84. The predicted octanol–water partition coefficient (Wildman–Crippen LogP) is 5.31. The van der Waals surface area contributed by atoms with Gasteiger partial charge in [0.15, 0.2) is 22.2 Å². The topological polar surface area (TPSA) is 115 Å². The van der Waals surface area contributed by atoms with Gasteiger partial charge in [-0.15, -0.1) is 0 Å². The number of ether oxygens (including phenoxy) is 3. The SMILES string of the molecule is CC(C)O[C@@H]1C(F)[C@H](n2ccc(OS(=O)(=O)c3c(C(C)C)cc(C(C)C)cc3C(C)C)nc2=O)O[C@@H]1COCO[SiH2]C(C)C. The van der Waals surface area contributed by atoms with E-state index in [1.54, 1.807) is 13.8 Å². The number of hydrogen-bond donors (Lipinski definition) is 0.